The van der Waals surface area contributed by atoms with Gasteiger partial charge in [-0.05, 0) is 37.3 Å². The highest BCUT2D eigenvalue weighted by Gasteiger charge is 2.23. The molecule has 0 atom stereocenters. The number of hydrogen-bond acceptors (Lipinski definition) is 6. The average Bonchev–Trinajstić information content (AvgIpc) is 3.05. The van der Waals surface area contributed by atoms with Crippen molar-refractivity contribution in [3.8, 4) is 0 Å². The third kappa shape index (κ3) is 4.32. The van der Waals surface area contributed by atoms with Crippen LogP contribution in [0.15, 0.2) is 52.9 Å². The fourth-order valence-corrected chi connectivity index (χ4v) is 2.71. The maximum Gasteiger partial charge on any atom is 0.376 e. The van der Waals surface area contributed by atoms with Gasteiger partial charge in [0.1, 0.15) is 11.3 Å². The second-order valence-electron chi connectivity index (χ2n) is 5.66. The monoisotopic (exact) mass is 401 g/mol. The van der Waals surface area contributed by atoms with Crippen molar-refractivity contribution in [2.45, 2.75) is 6.92 Å². The van der Waals surface area contributed by atoms with Crippen molar-refractivity contribution in [1.29, 1.82) is 0 Å². The molecule has 0 unspecified atom stereocenters. The predicted molar refractivity (Wildman–Crippen MR) is 103 cm³/mol. The number of nitrogens with one attached hydrogen (secondary N) is 1. The van der Waals surface area contributed by atoms with Crippen LogP contribution in [-0.2, 0) is 14.3 Å². The van der Waals surface area contributed by atoms with Crippen molar-refractivity contribution in [3.63, 3.8) is 0 Å². The standard InChI is InChI=1S/C20H16ClNO6/c1-2-26-20(25)18-17(14-8-3-4-9-15(14)28-18)22-16(23)11-27-19(24)12-6-5-7-13(21)10-12/h3-10H,2,11H2,1H3,(H,22,23). The molecule has 144 valence electrons. The summed E-state index contributed by atoms with van der Waals surface area (Å²) >= 11 is 5.83. The molecule has 1 N–H and O–H groups in total. The Labute approximate surface area is 165 Å². The first-order valence-electron chi connectivity index (χ1n) is 8.40. The molecule has 2 aromatic carbocycles. The first-order valence-corrected chi connectivity index (χ1v) is 8.78. The molecule has 3 aromatic rings. The first kappa shape index (κ1) is 19.4. The molecule has 7 nitrogen and oxygen atoms in total. The Bertz CT molecular complexity index is 1040. The van der Waals surface area contributed by atoms with Crippen LogP contribution in [0.4, 0.5) is 5.69 Å². The third-order valence-electron chi connectivity index (χ3n) is 3.72. The molecule has 1 aromatic heterocycles. The maximum absolute atomic E-state index is 12.3. The Kier molecular flexibility index (Phi) is 5.96. The second-order valence-corrected chi connectivity index (χ2v) is 6.09. The van der Waals surface area contributed by atoms with Gasteiger partial charge in [0.15, 0.2) is 6.61 Å². The number of esters is 2. The van der Waals surface area contributed by atoms with Gasteiger partial charge >= 0.3 is 11.9 Å². The van der Waals surface area contributed by atoms with Crippen molar-refractivity contribution in [2.75, 3.05) is 18.5 Å². The summed E-state index contributed by atoms with van der Waals surface area (Å²) in [5.74, 6) is -2.16. The van der Waals surface area contributed by atoms with E-state index in [2.05, 4.69) is 5.32 Å². The first-order chi connectivity index (χ1) is 13.5. The number of benzene rings is 2. The van der Waals surface area contributed by atoms with Gasteiger partial charge in [-0.25, -0.2) is 9.59 Å². The number of halogens is 1. The van der Waals surface area contributed by atoms with E-state index in [1.807, 2.05) is 0 Å². The van der Waals surface area contributed by atoms with Crippen LogP contribution in [0.1, 0.15) is 27.8 Å². The van der Waals surface area contributed by atoms with Gasteiger partial charge in [-0.2, -0.15) is 0 Å². The molecule has 28 heavy (non-hydrogen) atoms. The number of ether oxygens (including phenoxy) is 2. The van der Waals surface area contributed by atoms with E-state index in [4.69, 9.17) is 25.5 Å². The molecule has 3 rings (SSSR count). The van der Waals surface area contributed by atoms with Gasteiger partial charge in [0.25, 0.3) is 5.91 Å². The van der Waals surface area contributed by atoms with Crippen LogP contribution in [0.25, 0.3) is 11.0 Å². The summed E-state index contributed by atoms with van der Waals surface area (Å²) < 4.78 is 15.5. The molecular formula is C20H16ClNO6. The fourth-order valence-electron chi connectivity index (χ4n) is 2.52. The number of fused-ring (bicyclic) bond motifs is 1. The van der Waals surface area contributed by atoms with Crippen LogP contribution in [0.3, 0.4) is 0 Å². The molecule has 0 radical (unpaired) electrons. The molecule has 0 bridgehead atoms. The Morgan fingerprint density at radius 3 is 2.57 bits per heavy atom. The lowest BCUT2D eigenvalue weighted by Crippen LogP contribution is -2.22. The number of para-hydroxylation sites is 1. The summed E-state index contributed by atoms with van der Waals surface area (Å²) in [6.45, 7) is 1.27. The number of carbonyl (C=O) groups excluding carboxylic acids is 3. The zero-order valence-electron chi connectivity index (χ0n) is 14.9. The summed E-state index contributed by atoms with van der Waals surface area (Å²) in [5.41, 5.74) is 0.802. The smallest absolute Gasteiger partial charge is 0.376 e. The molecule has 0 aliphatic rings. The minimum Gasteiger partial charge on any atom is -0.460 e. The van der Waals surface area contributed by atoms with Crippen LogP contribution < -0.4 is 5.32 Å². The summed E-state index contributed by atoms with van der Waals surface area (Å²) in [5, 5.41) is 3.46. The van der Waals surface area contributed by atoms with Crippen LogP contribution in [0, 0.1) is 0 Å². The number of rotatable bonds is 6. The number of anilines is 1. The van der Waals surface area contributed by atoms with E-state index in [1.165, 1.54) is 12.1 Å². The predicted octanol–water partition coefficient (Wildman–Crippen LogP) is 4.06. The topological polar surface area (TPSA) is 94.8 Å². The van der Waals surface area contributed by atoms with E-state index in [0.29, 0.717) is 16.0 Å². The molecule has 0 fully saturated rings. The quantitative estimate of drug-likeness (QED) is 0.626. The van der Waals surface area contributed by atoms with Gasteiger partial charge in [0.2, 0.25) is 5.76 Å². The summed E-state index contributed by atoms with van der Waals surface area (Å²) in [4.78, 5) is 36.4. The largest absolute Gasteiger partial charge is 0.460 e. The van der Waals surface area contributed by atoms with Crippen LogP contribution in [0.2, 0.25) is 5.02 Å². The molecule has 1 amide bonds. The molecule has 0 aliphatic heterocycles. The number of furan rings is 1. The number of amides is 1. The van der Waals surface area contributed by atoms with E-state index in [0.717, 1.165) is 0 Å². The Morgan fingerprint density at radius 1 is 1.04 bits per heavy atom. The van der Waals surface area contributed by atoms with Crippen molar-refractivity contribution in [1.82, 2.24) is 0 Å². The van der Waals surface area contributed by atoms with E-state index in [-0.39, 0.29) is 23.6 Å². The van der Waals surface area contributed by atoms with Gasteiger partial charge in [0, 0.05) is 10.4 Å². The zero-order chi connectivity index (χ0) is 20.1. The summed E-state index contributed by atoms with van der Waals surface area (Å²) in [6.07, 6.45) is 0. The van der Waals surface area contributed by atoms with E-state index in [1.54, 1.807) is 43.3 Å². The van der Waals surface area contributed by atoms with E-state index < -0.39 is 24.5 Å². The van der Waals surface area contributed by atoms with Crippen LogP contribution in [-0.4, -0.2) is 31.1 Å². The second kappa shape index (κ2) is 8.58. The normalized spacial score (nSPS) is 10.5. The lowest BCUT2D eigenvalue weighted by Gasteiger charge is -2.07. The summed E-state index contributed by atoms with van der Waals surface area (Å²) in [6, 6.07) is 13.0. The van der Waals surface area contributed by atoms with Crippen molar-refractivity contribution in [3.05, 3.63) is 64.9 Å². The molecule has 0 saturated heterocycles. The SMILES string of the molecule is CCOC(=O)c1oc2ccccc2c1NC(=O)COC(=O)c1cccc(Cl)c1. The van der Waals surface area contributed by atoms with Gasteiger partial charge in [0.05, 0.1) is 12.2 Å². The third-order valence-corrected chi connectivity index (χ3v) is 3.95. The van der Waals surface area contributed by atoms with Crippen LogP contribution >= 0.6 is 11.6 Å². The van der Waals surface area contributed by atoms with E-state index >= 15 is 0 Å². The fraction of sp³-hybridized carbons (Fsp3) is 0.150. The molecule has 0 spiro atoms. The molecule has 0 aliphatic carbocycles. The minimum atomic E-state index is -0.704. The van der Waals surface area contributed by atoms with Gasteiger partial charge in [-0.15, -0.1) is 0 Å². The van der Waals surface area contributed by atoms with Gasteiger partial charge < -0.3 is 19.2 Å². The molecule has 8 heteroatoms. The van der Waals surface area contributed by atoms with Gasteiger partial charge in [-0.1, -0.05) is 29.8 Å². The lowest BCUT2D eigenvalue weighted by atomic mass is 10.2. The van der Waals surface area contributed by atoms with Crippen molar-refractivity contribution < 1.29 is 28.3 Å². The van der Waals surface area contributed by atoms with E-state index in [9.17, 15) is 14.4 Å². The highest BCUT2D eigenvalue weighted by molar-refractivity contribution is 6.30. The average molecular weight is 402 g/mol. The Balaban J connectivity index is 1.74. The molecule has 1 heterocycles. The number of carbonyl (C=O) groups is 3. The highest BCUT2D eigenvalue weighted by Crippen LogP contribution is 2.31. The highest BCUT2D eigenvalue weighted by atomic mass is 35.5. The minimum absolute atomic E-state index is 0.127. The van der Waals surface area contributed by atoms with Crippen molar-refractivity contribution in [2.24, 2.45) is 0 Å². The van der Waals surface area contributed by atoms with Gasteiger partial charge in [-0.3, -0.25) is 4.79 Å². The maximum atomic E-state index is 12.3. The van der Waals surface area contributed by atoms with Crippen molar-refractivity contribution >= 4 is 46.1 Å². The number of hydrogen-bond donors (Lipinski definition) is 1. The Morgan fingerprint density at radius 2 is 1.82 bits per heavy atom. The zero-order valence-corrected chi connectivity index (χ0v) is 15.6. The lowest BCUT2D eigenvalue weighted by molar-refractivity contribution is -0.119. The van der Waals surface area contributed by atoms with Crippen LogP contribution in [0.5, 0.6) is 0 Å². The Hall–Kier alpha value is -3.32. The molecule has 0 saturated carbocycles. The molecular weight excluding hydrogens is 386 g/mol. The summed E-state index contributed by atoms with van der Waals surface area (Å²) in [7, 11) is 0.